The van der Waals surface area contributed by atoms with Crippen molar-refractivity contribution in [1.29, 1.82) is 0 Å². The van der Waals surface area contributed by atoms with E-state index in [9.17, 15) is 0 Å². The fourth-order valence-corrected chi connectivity index (χ4v) is 8.25. The summed E-state index contributed by atoms with van der Waals surface area (Å²) in [5.74, 6) is 6.73. The van der Waals surface area contributed by atoms with Gasteiger partial charge in [0.25, 0.3) is 0 Å². The number of aryl methyl sites for hydroxylation is 4. The van der Waals surface area contributed by atoms with Crippen molar-refractivity contribution in [1.82, 2.24) is 9.97 Å². The normalized spacial score (nSPS) is 17.7. The number of rotatable bonds is 5. The van der Waals surface area contributed by atoms with E-state index in [0.717, 1.165) is 10.8 Å². The molecule has 200 valence electrons. The first-order chi connectivity index (χ1) is 23.9. The number of pyridine rings is 2. The van der Waals surface area contributed by atoms with Crippen molar-refractivity contribution in [3.05, 3.63) is 107 Å². The van der Waals surface area contributed by atoms with Gasteiger partial charge in [0, 0.05) is 30.3 Å². The fraction of sp³-hybridized carbons (Fsp3) is 0.222. The number of para-hydroxylation sites is 1. The van der Waals surface area contributed by atoms with Gasteiger partial charge in [0.1, 0.15) is 5.58 Å². The summed E-state index contributed by atoms with van der Waals surface area (Å²) in [7, 11) is 0. The van der Waals surface area contributed by atoms with Crippen LogP contribution in [0.2, 0.25) is 17.3 Å². The molecule has 6 rings (SSSR count). The summed E-state index contributed by atoms with van der Waals surface area (Å²) in [5.41, 5.74) is 2.79. The Morgan fingerprint density at radius 3 is 2.35 bits per heavy atom. The average Bonchev–Trinajstić information content (AvgIpc) is 3.40. The van der Waals surface area contributed by atoms with E-state index >= 15 is 0 Å². The molecule has 40 heavy (non-hydrogen) atoms. The Hall–Kier alpha value is -3.70. The summed E-state index contributed by atoms with van der Waals surface area (Å²) in [6.45, 7) is -10.3. The number of fused-ring (bicyclic) bond motifs is 3. The first-order valence-electron chi connectivity index (χ1n) is 19.0. The molecular formula is C36H36GeN2O. The van der Waals surface area contributed by atoms with Gasteiger partial charge < -0.3 is 4.42 Å². The van der Waals surface area contributed by atoms with Gasteiger partial charge in [-0.1, -0.05) is 12.1 Å². The van der Waals surface area contributed by atoms with E-state index in [4.69, 9.17) is 20.9 Å². The Morgan fingerprint density at radius 1 is 0.725 bits per heavy atom. The monoisotopic (exact) mass is 598 g/mol. The molecule has 0 saturated heterocycles. The van der Waals surface area contributed by atoms with E-state index in [1.165, 1.54) is 30.5 Å². The fourth-order valence-electron chi connectivity index (χ4n) is 5.22. The Labute approximate surface area is 256 Å². The summed E-state index contributed by atoms with van der Waals surface area (Å²) in [5, 5.41) is 2.04. The van der Waals surface area contributed by atoms with Crippen molar-refractivity contribution in [2.45, 2.75) is 49.9 Å². The van der Waals surface area contributed by atoms with E-state index in [0.29, 0.717) is 33.0 Å². The third-order valence-electron chi connectivity index (χ3n) is 6.98. The molecule has 3 heterocycles. The van der Waals surface area contributed by atoms with Crippen LogP contribution in [0, 0.1) is 27.4 Å². The van der Waals surface area contributed by atoms with Crippen molar-refractivity contribution < 1.29 is 20.9 Å². The minimum Gasteiger partial charge on any atom is -0.256 e. The van der Waals surface area contributed by atoms with Crippen molar-refractivity contribution in [3.63, 3.8) is 0 Å². The molecule has 0 aliphatic rings. The number of aromatic nitrogens is 2. The van der Waals surface area contributed by atoms with Gasteiger partial charge in [-0.2, -0.15) is 0 Å². The number of nitrogens with zero attached hydrogens (tertiary/aromatic N) is 2. The van der Waals surface area contributed by atoms with Crippen molar-refractivity contribution in [2.75, 3.05) is 0 Å². The van der Waals surface area contributed by atoms with Gasteiger partial charge in [-0.15, -0.1) is 0 Å². The number of hydrogen-bond donors (Lipinski definition) is 0. The second kappa shape index (κ2) is 10.0. The van der Waals surface area contributed by atoms with Crippen LogP contribution in [0.1, 0.15) is 44.4 Å². The minimum atomic E-state index is -2.72. The standard InChI is InChI=1S/C36H36GeN2O/c1-22-17-26(20-37(5,6)7)12-15-28(22)27-13-16-29(23(2)18-27)33-19-34(38-21-24(33)3)32-10-8-9-30-31-14-11-25(4)39-36(31)40-35(30)32/h8-19,21H,20H2,1-7H3/i1D3,2D3,3D3,4D3. The minimum absolute atomic E-state index is 0.112. The smallest absolute Gasteiger partial charge is 0.256 e. The third-order valence-corrected chi connectivity index (χ3v) is 10.1. The number of furan rings is 1. The second-order valence-corrected chi connectivity index (χ2v) is 22.8. The number of benzene rings is 3. The maximum atomic E-state index is 8.52. The second-order valence-electron chi connectivity index (χ2n) is 11.3. The maximum absolute atomic E-state index is 8.52. The summed E-state index contributed by atoms with van der Waals surface area (Å²) in [6, 6.07) is 19.7. The molecule has 3 nitrogen and oxygen atoms in total. The Bertz CT molecular complexity index is 2330. The first-order valence-corrected chi connectivity index (χ1v) is 20.8. The van der Waals surface area contributed by atoms with Gasteiger partial charge in [-0.3, -0.25) is 4.98 Å². The molecule has 0 atom stereocenters. The van der Waals surface area contributed by atoms with Gasteiger partial charge >= 0.3 is 163 Å². The predicted octanol–water partition coefficient (Wildman–Crippen LogP) is 10.0. The molecule has 3 aromatic heterocycles. The number of hydrogen-bond acceptors (Lipinski definition) is 3. The molecule has 4 heteroatoms. The summed E-state index contributed by atoms with van der Waals surface area (Å²) >= 11 is -2.10. The van der Waals surface area contributed by atoms with Crippen molar-refractivity contribution >= 4 is 35.3 Å². The summed E-state index contributed by atoms with van der Waals surface area (Å²) in [4.78, 5) is 8.70. The Morgan fingerprint density at radius 2 is 1.55 bits per heavy atom. The molecule has 0 saturated carbocycles. The van der Waals surface area contributed by atoms with Gasteiger partial charge in [-0.05, 0) is 25.1 Å². The van der Waals surface area contributed by atoms with Crippen LogP contribution in [0.3, 0.4) is 0 Å². The topological polar surface area (TPSA) is 38.9 Å². The molecule has 3 aromatic carbocycles. The summed E-state index contributed by atoms with van der Waals surface area (Å²) < 4.78 is 105. The van der Waals surface area contributed by atoms with E-state index in [1.54, 1.807) is 42.5 Å². The molecule has 0 amide bonds. The zero-order chi connectivity index (χ0) is 38.2. The van der Waals surface area contributed by atoms with Crippen LogP contribution >= 0.6 is 0 Å². The van der Waals surface area contributed by atoms with Gasteiger partial charge in [0.05, 0.1) is 0 Å². The quantitative estimate of drug-likeness (QED) is 0.186. The van der Waals surface area contributed by atoms with Gasteiger partial charge in [0.15, 0.2) is 0 Å². The zero-order valence-electron chi connectivity index (χ0n) is 34.5. The molecule has 6 aromatic rings. The Balaban J connectivity index is 1.55. The van der Waals surface area contributed by atoms with Crippen LogP contribution in [0.15, 0.2) is 83.4 Å². The molecule has 0 aliphatic heterocycles. The van der Waals surface area contributed by atoms with Crippen LogP contribution in [0.25, 0.3) is 55.6 Å². The van der Waals surface area contributed by atoms with Crippen LogP contribution in [0.4, 0.5) is 0 Å². The van der Waals surface area contributed by atoms with Gasteiger partial charge in [-0.25, -0.2) is 4.98 Å². The molecule has 0 spiro atoms. The molecule has 0 aliphatic carbocycles. The van der Waals surface area contributed by atoms with E-state index in [-0.39, 0.29) is 44.9 Å². The third kappa shape index (κ3) is 4.99. The van der Waals surface area contributed by atoms with E-state index in [1.807, 2.05) is 6.07 Å². The first kappa shape index (κ1) is 15.9. The molecule has 0 unspecified atom stereocenters. The Kier molecular flexibility index (Phi) is 4.00. The van der Waals surface area contributed by atoms with Gasteiger partial charge in [0.2, 0.25) is 5.71 Å². The molecular weight excluding hydrogens is 549 g/mol. The van der Waals surface area contributed by atoms with Crippen LogP contribution in [0.5, 0.6) is 0 Å². The molecule has 0 bridgehead atoms. The van der Waals surface area contributed by atoms with Crippen LogP contribution in [-0.2, 0) is 5.25 Å². The van der Waals surface area contributed by atoms with Crippen molar-refractivity contribution in [3.8, 4) is 33.5 Å². The van der Waals surface area contributed by atoms with Crippen LogP contribution < -0.4 is 0 Å². The molecule has 0 radical (unpaired) electrons. The SMILES string of the molecule is [2H]C([2H])([2H])c1ccc2c(n1)oc1c(-c3cc(-c4ccc(-c5ccc([CH2][Ge]([CH3])([CH3])[CH3])cc5C([2H])([2H])[2H])cc4C([2H])([2H])[2H])c(C([2H])([2H])[2H])cn3)cccc12. The van der Waals surface area contributed by atoms with Crippen molar-refractivity contribution in [2.24, 2.45) is 0 Å². The zero-order valence-corrected chi connectivity index (χ0v) is 24.6. The van der Waals surface area contributed by atoms with E-state index in [2.05, 4.69) is 27.2 Å². The summed E-state index contributed by atoms with van der Waals surface area (Å²) in [6.07, 6.45) is 1.20. The molecule has 0 N–H and O–H groups in total. The van der Waals surface area contributed by atoms with E-state index < -0.39 is 40.7 Å². The van der Waals surface area contributed by atoms with Crippen LogP contribution in [-0.4, -0.2) is 23.2 Å². The average molecular weight is 597 g/mol. The predicted molar refractivity (Wildman–Crippen MR) is 172 cm³/mol. The molecule has 0 fully saturated rings.